The third-order valence-electron chi connectivity index (χ3n) is 6.06. The van der Waals surface area contributed by atoms with Crippen molar-refractivity contribution in [3.05, 3.63) is 109 Å². The zero-order chi connectivity index (χ0) is 26.6. The second-order valence-electron chi connectivity index (χ2n) is 8.55. The molecule has 0 saturated carbocycles. The fourth-order valence-corrected chi connectivity index (χ4v) is 4.20. The SMILES string of the molecule is CNc1nccc(-c2cccnc2Oc2ccc(Nc3nnc(-c4ccccc4)c4ccccc34)cc2F)n1. The van der Waals surface area contributed by atoms with E-state index in [0.29, 0.717) is 28.7 Å². The number of aromatic nitrogens is 5. The van der Waals surface area contributed by atoms with Crippen LogP contribution in [0, 0.1) is 5.82 Å². The first-order valence-electron chi connectivity index (χ1n) is 12.2. The Labute approximate surface area is 223 Å². The monoisotopic (exact) mass is 515 g/mol. The molecular formula is C30H22FN7O. The maximum atomic E-state index is 15.2. The molecule has 8 nitrogen and oxygen atoms in total. The molecule has 2 N–H and O–H groups in total. The van der Waals surface area contributed by atoms with E-state index in [4.69, 9.17) is 4.74 Å². The Morgan fingerprint density at radius 1 is 0.769 bits per heavy atom. The number of halogens is 1. The molecule has 0 aliphatic heterocycles. The van der Waals surface area contributed by atoms with Crippen LogP contribution in [0.5, 0.6) is 11.6 Å². The van der Waals surface area contributed by atoms with Gasteiger partial charge in [0.1, 0.15) is 5.69 Å². The number of fused-ring (bicyclic) bond motifs is 1. The number of nitrogens with one attached hydrogen (secondary N) is 2. The van der Waals surface area contributed by atoms with E-state index >= 15 is 4.39 Å². The minimum Gasteiger partial charge on any atom is -0.435 e. The van der Waals surface area contributed by atoms with Gasteiger partial charge in [-0.25, -0.2) is 19.3 Å². The van der Waals surface area contributed by atoms with Gasteiger partial charge in [-0.05, 0) is 30.3 Å². The Morgan fingerprint density at radius 2 is 1.59 bits per heavy atom. The van der Waals surface area contributed by atoms with Gasteiger partial charge in [-0.15, -0.1) is 10.2 Å². The van der Waals surface area contributed by atoms with Gasteiger partial charge in [-0.1, -0.05) is 54.6 Å². The van der Waals surface area contributed by atoms with Crippen molar-refractivity contribution in [2.24, 2.45) is 0 Å². The van der Waals surface area contributed by atoms with E-state index in [1.54, 1.807) is 49.8 Å². The molecule has 0 saturated heterocycles. The van der Waals surface area contributed by atoms with Crippen LogP contribution in [0.1, 0.15) is 0 Å². The average Bonchev–Trinajstić information content (AvgIpc) is 2.99. The molecule has 0 amide bonds. The lowest BCUT2D eigenvalue weighted by Crippen LogP contribution is -2.01. The fraction of sp³-hybridized carbons (Fsp3) is 0.0333. The van der Waals surface area contributed by atoms with E-state index < -0.39 is 5.82 Å². The van der Waals surface area contributed by atoms with Crippen molar-refractivity contribution < 1.29 is 9.13 Å². The second-order valence-corrected chi connectivity index (χ2v) is 8.55. The molecule has 6 aromatic rings. The van der Waals surface area contributed by atoms with Crippen molar-refractivity contribution in [3.63, 3.8) is 0 Å². The summed E-state index contributed by atoms with van der Waals surface area (Å²) in [6.45, 7) is 0. The summed E-state index contributed by atoms with van der Waals surface area (Å²) in [5.41, 5.74) is 3.46. The Kier molecular flexibility index (Phi) is 6.45. The van der Waals surface area contributed by atoms with Crippen molar-refractivity contribution in [2.75, 3.05) is 17.7 Å². The highest BCUT2D eigenvalue weighted by molar-refractivity contribution is 6.00. The number of anilines is 3. The molecule has 0 fully saturated rings. The molecule has 3 aromatic heterocycles. The van der Waals surface area contributed by atoms with E-state index in [2.05, 4.69) is 35.8 Å². The number of ether oxygens (including phenoxy) is 1. The first-order chi connectivity index (χ1) is 19.2. The Balaban J connectivity index is 1.28. The number of benzene rings is 3. The summed E-state index contributed by atoms with van der Waals surface area (Å²) in [6.07, 6.45) is 3.21. The second kappa shape index (κ2) is 10.5. The van der Waals surface area contributed by atoms with E-state index in [1.165, 1.54) is 6.07 Å². The minimum absolute atomic E-state index is 0.0266. The molecule has 0 unspecified atom stereocenters. The van der Waals surface area contributed by atoms with Crippen LogP contribution in [0.3, 0.4) is 0 Å². The third-order valence-corrected chi connectivity index (χ3v) is 6.06. The maximum Gasteiger partial charge on any atom is 0.228 e. The zero-order valence-corrected chi connectivity index (χ0v) is 20.8. The van der Waals surface area contributed by atoms with Crippen LogP contribution < -0.4 is 15.4 Å². The summed E-state index contributed by atoms with van der Waals surface area (Å²) in [5, 5.41) is 16.8. The highest BCUT2D eigenvalue weighted by atomic mass is 19.1. The van der Waals surface area contributed by atoms with Gasteiger partial charge in [0.25, 0.3) is 0 Å². The predicted molar refractivity (Wildman–Crippen MR) is 150 cm³/mol. The minimum atomic E-state index is -0.562. The first-order valence-corrected chi connectivity index (χ1v) is 12.2. The third kappa shape index (κ3) is 4.93. The van der Waals surface area contributed by atoms with Gasteiger partial charge in [-0.3, -0.25) is 0 Å². The normalized spacial score (nSPS) is 10.8. The molecule has 3 aromatic carbocycles. The van der Waals surface area contributed by atoms with Crippen LogP contribution >= 0.6 is 0 Å². The van der Waals surface area contributed by atoms with Crippen LogP contribution in [0.4, 0.5) is 21.8 Å². The Morgan fingerprint density at radius 3 is 2.41 bits per heavy atom. The van der Waals surface area contributed by atoms with E-state index in [0.717, 1.165) is 22.0 Å². The van der Waals surface area contributed by atoms with Crippen LogP contribution in [0.2, 0.25) is 0 Å². The zero-order valence-electron chi connectivity index (χ0n) is 20.8. The highest BCUT2D eigenvalue weighted by Gasteiger charge is 2.15. The molecule has 0 atom stereocenters. The largest absolute Gasteiger partial charge is 0.435 e. The van der Waals surface area contributed by atoms with Gasteiger partial charge in [-0.2, -0.15) is 0 Å². The topological polar surface area (TPSA) is 97.7 Å². The summed E-state index contributed by atoms with van der Waals surface area (Å²) < 4.78 is 21.1. The van der Waals surface area contributed by atoms with Crippen molar-refractivity contribution in [3.8, 4) is 34.1 Å². The molecule has 0 bridgehead atoms. The number of hydrogen-bond acceptors (Lipinski definition) is 8. The van der Waals surface area contributed by atoms with Crippen LogP contribution in [0.25, 0.3) is 33.3 Å². The summed E-state index contributed by atoms with van der Waals surface area (Å²) in [5.74, 6) is 0.671. The van der Waals surface area contributed by atoms with Crippen molar-refractivity contribution in [2.45, 2.75) is 0 Å². The quantitative estimate of drug-likeness (QED) is 0.238. The maximum absolute atomic E-state index is 15.2. The molecule has 0 spiro atoms. The molecule has 0 radical (unpaired) electrons. The van der Waals surface area contributed by atoms with E-state index in [9.17, 15) is 0 Å². The van der Waals surface area contributed by atoms with E-state index in [1.807, 2.05) is 54.6 Å². The van der Waals surface area contributed by atoms with Crippen molar-refractivity contribution in [1.29, 1.82) is 0 Å². The molecule has 9 heteroatoms. The standard InChI is InChI=1S/C30H22FN7O/c1-32-30-34-17-15-25(36-30)23-12-7-16-33-29(23)39-26-14-13-20(18-24(26)31)35-28-22-11-6-5-10-21(22)27(37-38-28)19-8-3-2-4-9-19/h2-18H,1H3,(H,35,38)(H,32,34,36). The molecule has 39 heavy (non-hydrogen) atoms. The molecule has 3 heterocycles. The van der Waals surface area contributed by atoms with Crippen LogP contribution in [-0.4, -0.2) is 32.2 Å². The highest BCUT2D eigenvalue weighted by Crippen LogP contribution is 2.34. The summed E-state index contributed by atoms with van der Waals surface area (Å²) in [6, 6.07) is 27.6. The Hall–Kier alpha value is -5.44. The van der Waals surface area contributed by atoms with E-state index in [-0.39, 0.29) is 11.6 Å². The van der Waals surface area contributed by atoms with Crippen LogP contribution in [-0.2, 0) is 0 Å². The summed E-state index contributed by atoms with van der Waals surface area (Å²) in [4.78, 5) is 12.9. The number of nitrogens with zero attached hydrogens (tertiary/aromatic N) is 5. The molecule has 6 rings (SSSR count). The first kappa shape index (κ1) is 23.9. The van der Waals surface area contributed by atoms with Gasteiger partial charge in [0.2, 0.25) is 11.8 Å². The number of hydrogen-bond donors (Lipinski definition) is 2. The van der Waals surface area contributed by atoms with Gasteiger partial charge in [0.15, 0.2) is 17.4 Å². The molecule has 190 valence electrons. The smallest absolute Gasteiger partial charge is 0.228 e. The molecular weight excluding hydrogens is 493 g/mol. The summed E-state index contributed by atoms with van der Waals surface area (Å²) in [7, 11) is 1.73. The Bertz CT molecular complexity index is 1780. The average molecular weight is 516 g/mol. The number of rotatable bonds is 7. The number of pyridine rings is 1. The molecule has 0 aliphatic rings. The molecule has 0 aliphatic carbocycles. The lowest BCUT2D eigenvalue weighted by Gasteiger charge is -2.13. The lowest BCUT2D eigenvalue weighted by molar-refractivity contribution is 0.429. The van der Waals surface area contributed by atoms with Crippen molar-refractivity contribution in [1.82, 2.24) is 25.1 Å². The fourth-order valence-electron chi connectivity index (χ4n) is 4.20. The summed E-state index contributed by atoms with van der Waals surface area (Å²) >= 11 is 0. The van der Waals surface area contributed by atoms with Gasteiger partial charge in [0.05, 0.1) is 11.3 Å². The van der Waals surface area contributed by atoms with Gasteiger partial charge in [0, 0.05) is 47.5 Å². The predicted octanol–water partition coefficient (Wildman–Crippen LogP) is 6.87. The lowest BCUT2D eigenvalue weighted by atomic mass is 10.0. The van der Waals surface area contributed by atoms with Gasteiger partial charge < -0.3 is 15.4 Å². The van der Waals surface area contributed by atoms with Crippen molar-refractivity contribution >= 4 is 28.2 Å². The van der Waals surface area contributed by atoms with Gasteiger partial charge >= 0.3 is 0 Å². The van der Waals surface area contributed by atoms with Crippen LogP contribution in [0.15, 0.2) is 103 Å².